The predicted molar refractivity (Wildman–Crippen MR) is 51.8 cm³/mol. The van der Waals surface area contributed by atoms with Crippen molar-refractivity contribution in [1.82, 2.24) is 0 Å². The van der Waals surface area contributed by atoms with E-state index in [1.54, 1.807) is 7.11 Å². The van der Waals surface area contributed by atoms with E-state index in [9.17, 15) is 0 Å². The molecule has 1 unspecified atom stereocenters. The normalized spacial score (nSPS) is 11.8. The van der Waals surface area contributed by atoms with Gasteiger partial charge in [-0.1, -0.05) is 17.7 Å². The second-order valence-corrected chi connectivity index (χ2v) is 3.10. The monoisotopic (exact) mass is 175 g/mol. The van der Waals surface area contributed by atoms with Gasteiger partial charge in [0.25, 0.3) is 0 Å². The van der Waals surface area contributed by atoms with Crippen LogP contribution in [0.3, 0.4) is 0 Å². The number of methoxy groups -OCH3 is 1. The van der Waals surface area contributed by atoms with Crippen LogP contribution in [-0.4, -0.2) is 7.11 Å². The molecule has 1 aromatic carbocycles. The molecule has 13 heavy (non-hydrogen) atoms. The molecule has 0 saturated heterocycles. The molecule has 68 valence electrons. The number of nitrogens with zero attached hydrogens (tertiary/aromatic N) is 1. The third-order valence-corrected chi connectivity index (χ3v) is 2.05. The maximum atomic E-state index is 8.79. The summed E-state index contributed by atoms with van der Waals surface area (Å²) in [4.78, 5) is 0. The smallest absolute Gasteiger partial charge is 0.123 e. The van der Waals surface area contributed by atoms with Crippen LogP contribution in [0.2, 0.25) is 0 Å². The van der Waals surface area contributed by atoms with Crippen LogP contribution in [-0.2, 0) is 0 Å². The fourth-order valence-electron chi connectivity index (χ4n) is 1.26. The number of hydrogen-bond acceptors (Lipinski definition) is 2. The maximum Gasteiger partial charge on any atom is 0.123 e. The highest BCUT2D eigenvalue weighted by molar-refractivity contribution is 5.41. The first-order chi connectivity index (χ1) is 6.19. The Morgan fingerprint density at radius 3 is 2.69 bits per heavy atom. The Bertz CT molecular complexity index is 338. The molecule has 1 rings (SSSR count). The molecule has 0 saturated carbocycles. The Morgan fingerprint density at radius 2 is 2.15 bits per heavy atom. The lowest BCUT2D eigenvalue weighted by Gasteiger charge is -2.10. The SMILES string of the molecule is COc1ccc(C)cc1C(C)C#N. The molecule has 0 heterocycles. The predicted octanol–water partition coefficient (Wildman–Crippen LogP) is 2.63. The van der Waals surface area contributed by atoms with Crippen LogP contribution < -0.4 is 4.74 Å². The molecule has 0 fully saturated rings. The highest BCUT2D eigenvalue weighted by atomic mass is 16.5. The van der Waals surface area contributed by atoms with E-state index in [4.69, 9.17) is 10.00 Å². The van der Waals surface area contributed by atoms with E-state index >= 15 is 0 Å². The summed E-state index contributed by atoms with van der Waals surface area (Å²) >= 11 is 0. The minimum atomic E-state index is -0.116. The number of benzene rings is 1. The molecular weight excluding hydrogens is 162 g/mol. The van der Waals surface area contributed by atoms with Crippen molar-refractivity contribution in [3.05, 3.63) is 29.3 Å². The van der Waals surface area contributed by atoms with Gasteiger partial charge in [-0.25, -0.2) is 0 Å². The van der Waals surface area contributed by atoms with Gasteiger partial charge in [-0.3, -0.25) is 0 Å². The van der Waals surface area contributed by atoms with E-state index in [-0.39, 0.29) is 5.92 Å². The summed E-state index contributed by atoms with van der Waals surface area (Å²) in [7, 11) is 1.62. The fraction of sp³-hybridized carbons (Fsp3) is 0.364. The van der Waals surface area contributed by atoms with Crippen molar-refractivity contribution in [2.45, 2.75) is 19.8 Å². The quantitative estimate of drug-likeness (QED) is 0.692. The molecule has 0 aliphatic heterocycles. The summed E-state index contributed by atoms with van der Waals surface area (Å²) < 4.78 is 5.17. The summed E-state index contributed by atoms with van der Waals surface area (Å²) in [6.07, 6.45) is 0. The highest BCUT2D eigenvalue weighted by Crippen LogP contribution is 2.26. The van der Waals surface area contributed by atoms with Crippen molar-refractivity contribution < 1.29 is 4.74 Å². The lowest BCUT2D eigenvalue weighted by atomic mass is 10.00. The van der Waals surface area contributed by atoms with Crippen LogP contribution in [0.1, 0.15) is 24.0 Å². The number of nitriles is 1. The van der Waals surface area contributed by atoms with Crippen molar-refractivity contribution >= 4 is 0 Å². The topological polar surface area (TPSA) is 33.0 Å². The van der Waals surface area contributed by atoms with Crippen LogP contribution in [0.4, 0.5) is 0 Å². The van der Waals surface area contributed by atoms with Crippen LogP contribution in [0, 0.1) is 18.3 Å². The van der Waals surface area contributed by atoms with Gasteiger partial charge in [0.2, 0.25) is 0 Å². The van der Waals surface area contributed by atoms with E-state index in [2.05, 4.69) is 6.07 Å². The molecule has 2 heteroatoms. The van der Waals surface area contributed by atoms with Crippen molar-refractivity contribution in [2.75, 3.05) is 7.11 Å². The molecule has 0 amide bonds. The van der Waals surface area contributed by atoms with E-state index in [0.717, 1.165) is 16.9 Å². The van der Waals surface area contributed by atoms with E-state index in [0.29, 0.717) is 0 Å². The lowest BCUT2D eigenvalue weighted by Crippen LogP contribution is -1.95. The number of rotatable bonds is 2. The average Bonchev–Trinajstić information content (AvgIpc) is 2.16. The summed E-state index contributed by atoms with van der Waals surface area (Å²) in [6.45, 7) is 3.88. The van der Waals surface area contributed by atoms with Crippen molar-refractivity contribution in [2.24, 2.45) is 0 Å². The zero-order valence-corrected chi connectivity index (χ0v) is 8.16. The maximum absolute atomic E-state index is 8.79. The van der Waals surface area contributed by atoms with Crippen LogP contribution in [0.25, 0.3) is 0 Å². The minimum absolute atomic E-state index is 0.116. The van der Waals surface area contributed by atoms with E-state index in [1.165, 1.54) is 0 Å². The Morgan fingerprint density at radius 1 is 1.46 bits per heavy atom. The first-order valence-electron chi connectivity index (χ1n) is 4.23. The minimum Gasteiger partial charge on any atom is -0.496 e. The van der Waals surface area contributed by atoms with Gasteiger partial charge in [-0.15, -0.1) is 0 Å². The van der Waals surface area contributed by atoms with Gasteiger partial charge in [0, 0.05) is 5.56 Å². The van der Waals surface area contributed by atoms with Gasteiger partial charge >= 0.3 is 0 Å². The summed E-state index contributed by atoms with van der Waals surface area (Å²) in [5.41, 5.74) is 2.11. The van der Waals surface area contributed by atoms with Crippen LogP contribution in [0.5, 0.6) is 5.75 Å². The standard InChI is InChI=1S/C11H13NO/c1-8-4-5-11(13-3)10(6-8)9(2)7-12/h4-6,9H,1-3H3. The van der Waals surface area contributed by atoms with Crippen LogP contribution >= 0.6 is 0 Å². The van der Waals surface area contributed by atoms with E-state index in [1.807, 2.05) is 32.0 Å². The Kier molecular flexibility index (Phi) is 2.92. The zero-order chi connectivity index (χ0) is 9.84. The van der Waals surface area contributed by atoms with Gasteiger partial charge in [-0.2, -0.15) is 5.26 Å². The van der Waals surface area contributed by atoms with Crippen molar-refractivity contribution in [1.29, 1.82) is 5.26 Å². The average molecular weight is 175 g/mol. The van der Waals surface area contributed by atoms with Gasteiger partial charge in [0.15, 0.2) is 0 Å². The van der Waals surface area contributed by atoms with Gasteiger partial charge in [0.05, 0.1) is 19.1 Å². The largest absolute Gasteiger partial charge is 0.496 e. The first-order valence-corrected chi connectivity index (χ1v) is 4.23. The molecule has 0 bridgehead atoms. The molecular formula is C11H13NO. The first kappa shape index (κ1) is 9.60. The second kappa shape index (κ2) is 3.95. The summed E-state index contributed by atoms with van der Waals surface area (Å²) in [5, 5.41) is 8.79. The molecule has 1 aromatic rings. The van der Waals surface area contributed by atoms with Gasteiger partial charge in [0.1, 0.15) is 5.75 Å². The Labute approximate surface area is 78.8 Å². The fourth-order valence-corrected chi connectivity index (χ4v) is 1.26. The van der Waals surface area contributed by atoms with Crippen molar-refractivity contribution in [3.63, 3.8) is 0 Å². The van der Waals surface area contributed by atoms with Gasteiger partial charge in [-0.05, 0) is 19.9 Å². The zero-order valence-electron chi connectivity index (χ0n) is 8.16. The second-order valence-electron chi connectivity index (χ2n) is 3.10. The number of hydrogen-bond donors (Lipinski definition) is 0. The number of ether oxygens (including phenoxy) is 1. The van der Waals surface area contributed by atoms with Crippen molar-refractivity contribution in [3.8, 4) is 11.8 Å². The third-order valence-electron chi connectivity index (χ3n) is 2.05. The molecule has 1 atom stereocenters. The highest BCUT2D eigenvalue weighted by Gasteiger charge is 2.09. The van der Waals surface area contributed by atoms with Gasteiger partial charge < -0.3 is 4.74 Å². The van der Waals surface area contributed by atoms with Crippen LogP contribution in [0.15, 0.2) is 18.2 Å². The molecule has 2 nitrogen and oxygen atoms in total. The molecule has 0 aliphatic rings. The Balaban J connectivity index is 3.17. The lowest BCUT2D eigenvalue weighted by molar-refractivity contribution is 0.409. The molecule has 0 spiro atoms. The summed E-state index contributed by atoms with van der Waals surface area (Å²) in [5.74, 6) is 0.675. The Hall–Kier alpha value is -1.49. The molecule has 0 aromatic heterocycles. The summed E-state index contributed by atoms with van der Waals surface area (Å²) in [6, 6.07) is 8.08. The molecule has 0 N–H and O–H groups in total. The third kappa shape index (κ3) is 2.00. The van der Waals surface area contributed by atoms with E-state index < -0.39 is 0 Å². The molecule has 0 radical (unpaired) electrons. The molecule has 0 aliphatic carbocycles. The number of aryl methyl sites for hydroxylation is 1.